The molecule has 0 spiro atoms. The Morgan fingerprint density at radius 1 is 1.36 bits per heavy atom. The molecular formula is C21H27FN4O2. The van der Waals surface area contributed by atoms with Crippen molar-refractivity contribution < 1.29 is 13.9 Å². The van der Waals surface area contributed by atoms with Crippen molar-refractivity contribution >= 4 is 17.5 Å². The van der Waals surface area contributed by atoms with Gasteiger partial charge in [0, 0.05) is 39.4 Å². The van der Waals surface area contributed by atoms with Crippen LogP contribution in [0.25, 0.3) is 0 Å². The molecule has 0 aliphatic carbocycles. The molecule has 0 bridgehead atoms. The highest BCUT2D eigenvalue weighted by Crippen LogP contribution is 2.26. The Labute approximate surface area is 165 Å². The molecular weight excluding hydrogens is 359 g/mol. The molecule has 1 aliphatic rings. The average Bonchev–Trinajstić information content (AvgIpc) is 3.15. The van der Waals surface area contributed by atoms with Crippen molar-refractivity contribution in [2.45, 2.75) is 38.7 Å². The molecule has 7 heteroatoms. The second kappa shape index (κ2) is 8.54. The fourth-order valence-electron chi connectivity index (χ4n) is 3.32. The van der Waals surface area contributed by atoms with Crippen LogP contribution in [-0.4, -0.2) is 49.0 Å². The van der Waals surface area contributed by atoms with E-state index in [4.69, 9.17) is 4.74 Å². The summed E-state index contributed by atoms with van der Waals surface area (Å²) in [6.07, 6.45) is 2.49. The third-order valence-electron chi connectivity index (χ3n) is 5.07. The molecule has 1 aromatic carbocycles. The number of halogens is 1. The standard InChI is InChI=1S/C21H27FN4O2/c1-5-19(27)14(2)15-6-8-16(9-7-15)28-17-10-11-26(13-17)20-18(22)12-23-21(24-20)25(3)4/h6-9,12,14,17H,5,10-11,13H2,1-4H3. The summed E-state index contributed by atoms with van der Waals surface area (Å²) in [4.78, 5) is 23.8. The molecule has 0 saturated carbocycles. The van der Waals surface area contributed by atoms with Crippen LogP contribution in [0.2, 0.25) is 0 Å². The van der Waals surface area contributed by atoms with Crippen molar-refractivity contribution in [2.24, 2.45) is 0 Å². The summed E-state index contributed by atoms with van der Waals surface area (Å²) in [5.41, 5.74) is 0.992. The summed E-state index contributed by atoms with van der Waals surface area (Å²) >= 11 is 0. The molecule has 2 aromatic rings. The van der Waals surface area contributed by atoms with Gasteiger partial charge in [0.05, 0.1) is 12.7 Å². The number of ketones is 1. The zero-order valence-corrected chi connectivity index (χ0v) is 16.9. The number of hydrogen-bond donors (Lipinski definition) is 0. The number of ether oxygens (including phenoxy) is 1. The van der Waals surface area contributed by atoms with Gasteiger partial charge in [-0.15, -0.1) is 0 Å². The predicted molar refractivity (Wildman–Crippen MR) is 108 cm³/mol. The second-order valence-corrected chi connectivity index (χ2v) is 7.32. The first-order valence-corrected chi connectivity index (χ1v) is 9.63. The van der Waals surface area contributed by atoms with Gasteiger partial charge in [0.25, 0.3) is 0 Å². The Morgan fingerprint density at radius 2 is 2.07 bits per heavy atom. The maximum atomic E-state index is 14.2. The number of rotatable bonds is 7. The van der Waals surface area contributed by atoms with Crippen molar-refractivity contribution in [3.63, 3.8) is 0 Å². The zero-order valence-electron chi connectivity index (χ0n) is 16.9. The van der Waals surface area contributed by atoms with Crippen molar-refractivity contribution in [1.29, 1.82) is 0 Å². The largest absolute Gasteiger partial charge is 0.489 e. The molecule has 0 radical (unpaired) electrons. The lowest BCUT2D eigenvalue weighted by Crippen LogP contribution is -2.27. The van der Waals surface area contributed by atoms with Crippen LogP contribution in [0.15, 0.2) is 30.5 Å². The topological polar surface area (TPSA) is 58.6 Å². The maximum Gasteiger partial charge on any atom is 0.226 e. The van der Waals surface area contributed by atoms with E-state index in [1.165, 1.54) is 6.20 Å². The van der Waals surface area contributed by atoms with Gasteiger partial charge < -0.3 is 14.5 Å². The van der Waals surface area contributed by atoms with Gasteiger partial charge >= 0.3 is 0 Å². The van der Waals surface area contributed by atoms with Crippen molar-refractivity contribution in [3.05, 3.63) is 41.8 Å². The van der Waals surface area contributed by atoms with Gasteiger partial charge in [0.15, 0.2) is 11.6 Å². The summed E-state index contributed by atoms with van der Waals surface area (Å²) in [5.74, 6) is 1.24. The van der Waals surface area contributed by atoms with Gasteiger partial charge in [0.1, 0.15) is 17.6 Å². The fourth-order valence-corrected chi connectivity index (χ4v) is 3.32. The predicted octanol–water partition coefficient (Wildman–Crippen LogP) is 3.42. The first-order chi connectivity index (χ1) is 13.4. The number of benzene rings is 1. The zero-order chi connectivity index (χ0) is 20.3. The van der Waals surface area contributed by atoms with Gasteiger partial charge in [-0.3, -0.25) is 4.79 Å². The first kappa shape index (κ1) is 20.0. The molecule has 6 nitrogen and oxygen atoms in total. The molecule has 1 fully saturated rings. The van der Waals surface area contributed by atoms with Crippen LogP contribution < -0.4 is 14.5 Å². The van der Waals surface area contributed by atoms with Crippen LogP contribution in [0.3, 0.4) is 0 Å². The van der Waals surface area contributed by atoms with Crippen LogP contribution in [0, 0.1) is 5.82 Å². The van der Waals surface area contributed by atoms with Crippen molar-refractivity contribution in [1.82, 2.24) is 9.97 Å². The first-order valence-electron chi connectivity index (χ1n) is 9.63. The molecule has 150 valence electrons. The van der Waals surface area contributed by atoms with Gasteiger partial charge in [-0.1, -0.05) is 26.0 Å². The van der Waals surface area contributed by atoms with E-state index < -0.39 is 5.82 Å². The van der Waals surface area contributed by atoms with Crippen molar-refractivity contribution in [3.8, 4) is 5.75 Å². The number of aromatic nitrogens is 2. The quantitative estimate of drug-likeness (QED) is 0.727. The molecule has 3 rings (SSSR count). The van der Waals surface area contributed by atoms with E-state index in [0.717, 1.165) is 17.7 Å². The minimum absolute atomic E-state index is 0.0438. The molecule has 2 unspecified atom stereocenters. The lowest BCUT2D eigenvalue weighted by Gasteiger charge is -2.20. The van der Waals surface area contributed by atoms with Crippen LogP contribution in [-0.2, 0) is 4.79 Å². The van der Waals surface area contributed by atoms with E-state index in [9.17, 15) is 9.18 Å². The number of anilines is 2. The molecule has 1 aliphatic heterocycles. The molecule has 28 heavy (non-hydrogen) atoms. The molecule has 0 N–H and O–H groups in total. The highest BCUT2D eigenvalue weighted by molar-refractivity contribution is 5.85. The molecule has 1 aromatic heterocycles. The van der Waals surface area contributed by atoms with Crippen LogP contribution in [0.5, 0.6) is 5.75 Å². The van der Waals surface area contributed by atoms with E-state index in [-0.39, 0.29) is 17.8 Å². The van der Waals surface area contributed by atoms with E-state index in [1.807, 2.05) is 57.1 Å². The van der Waals surface area contributed by atoms with Gasteiger partial charge in [-0.05, 0) is 17.7 Å². The monoisotopic (exact) mass is 386 g/mol. The van der Waals surface area contributed by atoms with E-state index in [2.05, 4.69) is 9.97 Å². The van der Waals surface area contributed by atoms with E-state index >= 15 is 0 Å². The maximum absolute atomic E-state index is 14.2. The molecule has 1 saturated heterocycles. The highest BCUT2D eigenvalue weighted by atomic mass is 19.1. The number of hydrogen-bond acceptors (Lipinski definition) is 6. The van der Waals surface area contributed by atoms with Crippen LogP contribution in [0.4, 0.5) is 16.2 Å². The van der Waals surface area contributed by atoms with Gasteiger partial charge in [-0.2, -0.15) is 4.98 Å². The normalized spacial score (nSPS) is 17.5. The second-order valence-electron chi connectivity index (χ2n) is 7.32. The third kappa shape index (κ3) is 4.40. The minimum Gasteiger partial charge on any atom is -0.489 e. The lowest BCUT2D eigenvalue weighted by molar-refractivity contribution is -0.119. The summed E-state index contributed by atoms with van der Waals surface area (Å²) in [6, 6.07) is 7.67. The third-order valence-corrected chi connectivity index (χ3v) is 5.07. The summed E-state index contributed by atoms with van der Waals surface area (Å²) in [5, 5.41) is 0. The summed E-state index contributed by atoms with van der Waals surface area (Å²) in [6.45, 7) is 5.04. The number of nitrogens with zero attached hydrogens (tertiary/aromatic N) is 4. The Kier molecular flexibility index (Phi) is 6.11. The number of carbonyl (C=O) groups excluding carboxylic acids is 1. The number of carbonyl (C=O) groups is 1. The van der Waals surface area contributed by atoms with Gasteiger partial charge in [-0.25, -0.2) is 9.37 Å². The number of Topliss-reactive ketones (excluding diaryl/α,β-unsaturated/α-hetero) is 1. The van der Waals surface area contributed by atoms with Gasteiger partial charge in [0.2, 0.25) is 5.95 Å². The summed E-state index contributed by atoms with van der Waals surface area (Å²) in [7, 11) is 3.65. The van der Waals surface area contributed by atoms with Crippen molar-refractivity contribution in [2.75, 3.05) is 37.0 Å². The fraction of sp³-hybridized carbons (Fsp3) is 0.476. The highest BCUT2D eigenvalue weighted by Gasteiger charge is 2.27. The molecule has 2 heterocycles. The van der Waals surface area contributed by atoms with Crippen LogP contribution >= 0.6 is 0 Å². The smallest absolute Gasteiger partial charge is 0.226 e. The molecule has 0 amide bonds. The summed E-state index contributed by atoms with van der Waals surface area (Å²) < 4.78 is 20.3. The Hall–Kier alpha value is -2.70. The SMILES string of the molecule is CCC(=O)C(C)c1ccc(OC2CCN(c3nc(N(C)C)ncc3F)C2)cc1. The van der Waals surface area contributed by atoms with E-state index in [0.29, 0.717) is 31.3 Å². The Bertz CT molecular complexity index is 826. The Balaban J connectivity index is 1.64. The lowest BCUT2D eigenvalue weighted by atomic mass is 9.95. The van der Waals surface area contributed by atoms with E-state index in [1.54, 1.807) is 4.90 Å². The molecule has 2 atom stereocenters. The Morgan fingerprint density at radius 3 is 2.71 bits per heavy atom. The van der Waals surface area contributed by atoms with Crippen LogP contribution in [0.1, 0.15) is 38.2 Å². The minimum atomic E-state index is -0.426. The average molecular weight is 386 g/mol.